The zero-order valence-corrected chi connectivity index (χ0v) is 13.0. The zero-order chi connectivity index (χ0) is 13.4. The minimum atomic E-state index is 0.697. The maximum Gasteiger partial charge on any atom is 0.0119 e. The first kappa shape index (κ1) is 16.0. The van der Waals surface area contributed by atoms with Gasteiger partial charge in [-0.2, -0.15) is 0 Å². The lowest BCUT2D eigenvalue weighted by atomic mass is 9.93. The molecule has 2 nitrogen and oxygen atoms in total. The Labute approximate surface area is 115 Å². The largest absolute Gasteiger partial charge is 0.311 e. The molecule has 18 heavy (non-hydrogen) atoms. The molecule has 0 saturated carbocycles. The zero-order valence-electron chi connectivity index (χ0n) is 13.0. The summed E-state index contributed by atoms with van der Waals surface area (Å²) in [6, 6.07) is 1.44. The minimum Gasteiger partial charge on any atom is -0.311 e. The molecule has 0 aliphatic carbocycles. The molecule has 1 saturated heterocycles. The third-order valence-electron chi connectivity index (χ3n) is 4.35. The van der Waals surface area contributed by atoms with E-state index in [9.17, 15) is 0 Å². The average molecular weight is 254 g/mol. The molecule has 0 aromatic heterocycles. The van der Waals surface area contributed by atoms with Crippen LogP contribution in [0.15, 0.2) is 0 Å². The van der Waals surface area contributed by atoms with Gasteiger partial charge in [0.05, 0.1) is 0 Å². The molecule has 1 heterocycles. The molecule has 1 aliphatic heterocycles. The van der Waals surface area contributed by atoms with Crippen LogP contribution in [0.3, 0.4) is 0 Å². The van der Waals surface area contributed by atoms with Crippen molar-refractivity contribution in [3.05, 3.63) is 0 Å². The number of unbranched alkanes of at least 4 members (excludes halogenated alkanes) is 4. The SMILES string of the molecule is CCCCCCCC(C)NC1CCN(C)CC1C. The number of hydrogen-bond acceptors (Lipinski definition) is 2. The number of hydrogen-bond donors (Lipinski definition) is 1. The summed E-state index contributed by atoms with van der Waals surface area (Å²) in [7, 11) is 2.24. The van der Waals surface area contributed by atoms with E-state index in [-0.39, 0.29) is 0 Å². The predicted octanol–water partition coefficient (Wildman–Crippen LogP) is 3.67. The molecule has 0 spiro atoms. The number of piperidine rings is 1. The molecule has 3 unspecified atom stereocenters. The summed E-state index contributed by atoms with van der Waals surface area (Å²) >= 11 is 0. The topological polar surface area (TPSA) is 15.3 Å². The van der Waals surface area contributed by atoms with Crippen molar-refractivity contribution in [1.29, 1.82) is 0 Å². The summed E-state index contributed by atoms with van der Waals surface area (Å²) in [4.78, 5) is 2.46. The van der Waals surface area contributed by atoms with E-state index >= 15 is 0 Å². The monoisotopic (exact) mass is 254 g/mol. The average Bonchev–Trinajstić information content (AvgIpc) is 2.32. The van der Waals surface area contributed by atoms with E-state index in [1.165, 1.54) is 58.0 Å². The number of likely N-dealkylation sites (tertiary alicyclic amines) is 1. The van der Waals surface area contributed by atoms with E-state index in [0.717, 1.165) is 12.0 Å². The van der Waals surface area contributed by atoms with E-state index < -0.39 is 0 Å². The van der Waals surface area contributed by atoms with Gasteiger partial charge in [-0.3, -0.25) is 0 Å². The molecule has 0 aromatic carbocycles. The van der Waals surface area contributed by atoms with Crippen molar-refractivity contribution >= 4 is 0 Å². The third kappa shape index (κ3) is 6.19. The second-order valence-corrected chi connectivity index (χ2v) is 6.41. The third-order valence-corrected chi connectivity index (χ3v) is 4.35. The van der Waals surface area contributed by atoms with Crippen LogP contribution >= 0.6 is 0 Å². The molecule has 0 bridgehead atoms. The van der Waals surface area contributed by atoms with Crippen molar-refractivity contribution in [3.63, 3.8) is 0 Å². The Balaban J connectivity index is 2.09. The van der Waals surface area contributed by atoms with Gasteiger partial charge in [-0.25, -0.2) is 0 Å². The van der Waals surface area contributed by atoms with Crippen molar-refractivity contribution in [2.75, 3.05) is 20.1 Å². The van der Waals surface area contributed by atoms with Gasteiger partial charge in [0.1, 0.15) is 0 Å². The summed E-state index contributed by atoms with van der Waals surface area (Å²) in [6.45, 7) is 9.55. The van der Waals surface area contributed by atoms with Crippen LogP contribution in [0, 0.1) is 5.92 Å². The second kappa shape index (κ2) is 8.92. The van der Waals surface area contributed by atoms with Crippen LogP contribution in [-0.4, -0.2) is 37.1 Å². The molecule has 1 fully saturated rings. The Kier molecular flexibility index (Phi) is 7.92. The molecule has 108 valence electrons. The standard InChI is InChI=1S/C16H34N2/c1-5-6-7-8-9-10-15(3)17-16-11-12-18(4)13-14(16)2/h14-17H,5-13H2,1-4H3. The van der Waals surface area contributed by atoms with Crippen LogP contribution in [0.25, 0.3) is 0 Å². The van der Waals surface area contributed by atoms with Gasteiger partial charge in [0.2, 0.25) is 0 Å². The van der Waals surface area contributed by atoms with Gasteiger partial charge in [0, 0.05) is 18.6 Å². The van der Waals surface area contributed by atoms with Gasteiger partial charge in [0.15, 0.2) is 0 Å². The smallest absolute Gasteiger partial charge is 0.0119 e. The van der Waals surface area contributed by atoms with Gasteiger partial charge >= 0.3 is 0 Å². The Hall–Kier alpha value is -0.0800. The van der Waals surface area contributed by atoms with Crippen LogP contribution < -0.4 is 5.32 Å². The molecular weight excluding hydrogens is 220 g/mol. The van der Waals surface area contributed by atoms with Crippen LogP contribution in [-0.2, 0) is 0 Å². The van der Waals surface area contributed by atoms with Gasteiger partial charge in [-0.1, -0.05) is 46.0 Å². The molecule has 0 aromatic rings. The Bertz CT molecular complexity index is 205. The van der Waals surface area contributed by atoms with Gasteiger partial charge in [-0.05, 0) is 39.3 Å². The summed E-state index contributed by atoms with van der Waals surface area (Å²) < 4.78 is 0. The second-order valence-electron chi connectivity index (χ2n) is 6.41. The molecule has 1 rings (SSSR count). The van der Waals surface area contributed by atoms with Crippen LogP contribution in [0.1, 0.15) is 65.7 Å². The lowest BCUT2D eigenvalue weighted by molar-refractivity contribution is 0.166. The maximum atomic E-state index is 3.85. The summed E-state index contributed by atoms with van der Waals surface area (Å²) in [5, 5.41) is 3.85. The first-order valence-electron chi connectivity index (χ1n) is 8.08. The van der Waals surface area contributed by atoms with E-state index in [1.807, 2.05) is 0 Å². The fourth-order valence-corrected chi connectivity index (χ4v) is 3.10. The molecular formula is C16H34N2. The van der Waals surface area contributed by atoms with E-state index in [1.54, 1.807) is 0 Å². The first-order chi connectivity index (χ1) is 8.63. The van der Waals surface area contributed by atoms with Gasteiger partial charge in [0.25, 0.3) is 0 Å². The van der Waals surface area contributed by atoms with E-state index in [4.69, 9.17) is 0 Å². The highest BCUT2D eigenvalue weighted by atomic mass is 15.1. The van der Waals surface area contributed by atoms with Crippen molar-refractivity contribution in [3.8, 4) is 0 Å². The molecule has 0 radical (unpaired) electrons. The maximum absolute atomic E-state index is 3.85. The fraction of sp³-hybridized carbons (Fsp3) is 1.00. The highest BCUT2D eigenvalue weighted by molar-refractivity contribution is 4.83. The number of nitrogens with zero attached hydrogens (tertiary/aromatic N) is 1. The Morgan fingerprint density at radius 3 is 2.61 bits per heavy atom. The van der Waals surface area contributed by atoms with Crippen LogP contribution in [0.5, 0.6) is 0 Å². The van der Waals surface area contributed by atoms with Crippen molar-refractivity contribution in [1.82, 2.24) is 10.2 Å². The quantitative estimate of drug-likeness (QED) is 0.665. The summed E-state index contributed by atoms with van der Waals surface area (Å²) in [5.41, 5.74) is 0. The molecule has 1 N–H and O–H groups in total. The van der Waals surface area contributed by atoms with Gasteiger partial charge < -0.3 is 10.2 Å². The highest BCUT2D eigenvalue weighted by Gasteiger charge is 2.24. The van der Waals surface area contributed by atoms with E-state index in [2.05, 4.69) is 38.0 Å². The minimum absolute atomic E-state index is 0.697. The van der Waals surface area contributed by atoms with Crippen molar-refractivity contribution in [2.45, 2.75) is 77.8 Å². The Morgan fingerprint density at radius 1 is 1.22 bits per heavy atom. The Morgan fingerprint density at radius 2 is 1.94 bits per heavy atom. The van der Waals surface area contributed by atoms with Gasteiger partial charge in [-0.15, -0.1) is 0 Å². The van der Waals surface area contributed by atoms with Crippen LogP contribution in [0.2, 0.25) is 0 Å². The lowest BCUT2D eigenvalue weighted by Crippen LogP contribution is -2.49. The molecule has 0 amide bonds. The summed E-state index contributed by atoms with van der Waals surface area (Å²) in [6.07, 6.45) is 9.67. The van der Waals surface area contributed by atoms with Crippen molar-refractivity contribution in [2.24, 2.45) is 5.92 Å². The van der Waals surface area contributed by atoms with Crippen LogP contribution in [0.4, 0.5) is 0 Å². The predicted molar refractivity (Wildman–Crippen MR) is 81.0 cm³/mol. The highest BCUT2D eigenvalue weighted by Crippen LogP contribution is 2.17. The van der Waals surface area contributed by atoms with Crippen molar-refractivity contribution < 1.29 is 0 Å². The molecule has 3 atom stereocenters. The van der Waals surface area contributed by atoms with E-state index in [0.29, 0.717) is 6.04 Å². The number of nitrogens with one attached hydrogen (secondary N) is 1. The fourth-order valence-electron chi connectivity index (χ4n) is 3.10. The number of rotatable bonds is 8. The summed E-state index contributed by atoms with van der Waals surface area (Å²) in [5.74, 6) is 0.797. The molecule has 2 heteroatoms. The molecule has 1 aliphatic rings. The first-order valence-corrected chi connectivity index (χ1v) is 8.08. The lowest BCUT2D eigenvalue weighted by Gasteiger charge is -2.37. The normalized spacial score (nSPS) is 27.3.